The summed E-state index contributed by atoms with van der Waals surface area (Å²) in [5.74, 6) is 0.515. The van der Waals surface area contributed by atoms with Crippen LogP contribution in [0, 0.1) is 0 Å². The number of hydrogen-bond acceptors (Lipinski definition) is 3. The highest BCUT2D eigenvalue weighted by atomic mass is 16.5. The van der Waals surface area contributed by atoms with E-state index in [-0.39, 0.29) is 24.3 Å². The van der Waals surface area contributed by atoms with Gasteiger partial charge in [0.1, 0.15) is 5.75 Å². The molecule has 0 aromatic heterocycles. The minimum Gasteiger partial charge on any atom is -0.497 e. The summed E-state index contributed by atoms with van der Waals surface area (Å²) in [5, 5.41) is 5.61. The Labute approximate surface area is 119 Å². The average molecular weight is 278 g/mol. The van der Waals surface area contributed by atoms with Gasteiger partial charge in [0.2, 0.25) is 11.8 Å². The Morgan fingerprint density at radius 2 is 1.90 bits per heavy atom. The lowest BCUT2D eigenvalue weighted by Gasteiger charge is -2.18. The number of methoxy groups -OCH3 is 1. The smallest absolute Gasteiger partial charge is 0.222 e. The summed E-state index contributed by atoms with van der Waals surface area (Å²) in [7, 11) is 1.60. The Balaban J connectivity index is 2.76. The van der Waals surface area contributed by atoms with E-state index in [4.69, 9.17) is 4.74 Å². The van der Waals surface area contributed by atoms with Crippen LogP contribution in [0.25, 0.3) is 0 Å². The standard InChI is InChI=1S/C15H22N2O3/c1-4-9-16-15(19)10-14(17-11(2)18)12-5-7-13(20-3)8-6-12/h5-8,14H,4,9-10H2,1-3H3,(H,16,19)(H,17,18). The normalized spacial score (nSPS) is 11.6. The number of carbonyl (C=O) groups excluding carboxylic acids is 2. The first kappa shape index (κ1) is 16.0. The second-order valence-electron chi connectivity index (χ2n) is 4.58. The molecule has 1 aromatic carbocycles. The van der Waals surface area contributed by atoms with Crippen molar-refractivity contribution >= 4 is 11.8 Å². The Bertz CT molecular complexity index is 443. The lowest BCUT2D eigenvalue weighted by molar-refractivity contribution is -0.122. The topological polar surface area (TPSA) is 67.4 Å². The van der Waals surface area contributed by atoms with Gasteiger partial charge in [0.15, 0.2) is 0 Å². The molecular weight excluding hydrogens is 256 g/mol. The molecule has 0 heterocycles. The van der Waals surface area contributed by atoms with Gasteiger partial charge in [-0.2, -0.15) is 0 Å². The predicted octanol–water partition coefficient (Wildman–Crippen LogP) is 1.79. The first-order valence-corrected chi connectivity index (χ1v) is 6.74. The fourth-order valence-electron chi connectivity index (χ4n) is 1.86. The minimum atomic E-state index is -0.324. The minimum absolute atomic E-state index is 0.0681. The fraction of sp³-hybridized carbons (Fsp3) is 0.467. The molecule has 0 spiro atoms. The van der Waals surface area contributed by atoms with Crippen LogP contribution >= 0.6 is 0 Å². The summed E-state index contributed by atoms with van der Waals surface area (Å²) >= 11 is 0. The van der Waals surface area contributed by atoms with Crippen molar-refractivity contribution in [2.24, 2.45) is 0 Å². The second-order valence-corrected chi connectivity index (χ2v) is 4.58. The molecule has 5 nitrogen and oxygen atoms in total. The van der Waals surface area contributed by atoms with Crippen molar-refractivity contribution in [2.45, 2.75) is 32.7 Å². The van der Waals surface area contributed by atoms with E-state index < -0.39 is 0 Å². The zero-order chi connectivity index (χ0) is 15.0. The van der Waals surface area contributed by atoms with Crippen molar-refractivity contribution in [2.75, 3.05) is 13.7 Å². The van der Waals surface area contributed by atoms with Crippen molar-refractivity contribution in [1.29, 1.82) is 0 Å². The van der Waals surface area contributed by atoms with Gasteiger partial charge in [0.05, 0.1) is 19.6 Å². The number of nitrogens with one attached hydrogen (secondary N) is 2. The van der Waals surface area contributed by atoms with Crippen LogP contribution in [0.4, 0.5) is 0 Å². The van der Waals surface area contributed by atoms with Gasteiger partial charge in [-0.3, -0.25) is 9.59 Å². The molecule has 0 aliphatic rings. The molecule has 2 amide bonds. The molecule has 0 bridgehead atoms. The molecule has 1 atom stereocenters. The van der Waals surface area contributed by atoms with Crippen LogP contribution in [-0.4, -0.2) is 25.5 Å². The van der Waals surface area contributed by atoms with Gasteiger partial charge in [-0.15, -0.1) is 0 Å². The third-order valence-corrected chi connectivity index (χ3v) is 2.86. The van der Waals surface area contributed by atoms with E-state index in [2.05, 4.69) is 10.6 Å². The molecule has 0 saturated carbocycles. The van der Waals surface area contributed by atoms with Crippen LogP contribution in [0.15, 0.2) is 24.3 Å². The van der Waals surface area contributed by atoms with Gasteiger partial charge in [-0.05, 0) is 24.1 Å². The number of benzene rings is 1. The third kappa shape index (κ3) is 5.30. The highest BCUT2D eigenvalue weighted by Crippen LogP contribution is 2.20. The molecule has 1 unspecified atom stereocenters. The zero-order valence-electron chi connectivity index (χ0n) is 12.2. The van der Waals surface area contributed by atoms with Crippen molar-refractivity contribution in [1.82, 2.24) is 10.6 Å². The van der Waals surface area contributed by atoms with Crippen molar-refractivity contribution < 1.29 is 14.3 Å². The van der Waals surface area contributed by atoms with E-state index in [1.54, 1.807) is 7.11 Å². The SMILES string of the molecule is CCCNC(=O)CC(NC(C)=O)c1ccc(OC)cc1. The van der Waals surface area contributed by atoms with Crippen molar-refractivity contribution in [3.8, 4) is 5.75 Å². The number of ether oxygens (including phenoxy) is 1. The Morgan fingerprint density at radius 1 is 1.25 bits per heavy atom. The van der Waals surface area contributed by atoms with Gasteiger partial charge in [0.25, 0.3) is 0 Å². The van der Waals surface area contributed by atoms with Gasteiger partial charge in [0, 0.05) is 13.5 Å². The van der Waals surface area contributed by atoms with E-state index in [0.717, 1.165) is 17.7 Å². The lowest BCUT2D eigenvalue weighted by Crippen LogP contribution is -2.32. The Kier molecular flexibility index (Phi) is 6.56. The zero-order valence-corrected chi connectivity index (χ0v) is 12.2. The third-order valence-electron chi connectivity index (χ3n) is 2.86. The van der Waals surface area contributed by atoms with E-state index in [9.17, 15) is 9.59 Å². The van der Waals surface area contributed by atoms with Gasteiger partial charge in [-0.25, -0.2) is 0 Å². The molecule has 2 N–H and O–H groups in total. The fourth-order valence-corrected chi connectivity index (χ4v) is 1.86. The molecule has 20 heavy (non-hydrogen) atoms. The van der Waals surface area contributed by atoms with Gasteiger partial charge >= 0.3 is 0 Å². The number of amides is 2. The molecular formula is C15H22N2O3. The summed E-state index contributed by atoms with van der Waals surface area (Å²) in [5.41, 5.74) is 0.882. The molecule has 0 aliphatic carbocycles. The van der Waals surface area contributed by atoms with Gasteiger partial charge in [-0.1, -0.05) is 19.1 Å². The second kappa shape index (κ2) is 8.19. The Morgan fingerprint density at radius 3 is 2.40 bits per heavy atom. The molecule has 0 saturated heterocycles. The number of hydrogen-bond donors (Lipinski definition) is 2. The van der Waals surface area contributed by atoms with Crippen molar-refractivity contribution in [3.63, 3.8) is 0 Å². The summed E-state index contributed by atoms with van der Waals surface area (Å²) in [6.07, 6.45) is 1.12. The Hall–Kier alpha value is -2.04. The predicted molar refractivity (Wildman–Crippen MR) is 77.5 cm³/mol. The van der Waals surface area contributed by atoms with Crippen LogP contribution < -0.4 is 15.4 Å². The monoisotopic (exact) mass is 278 g/mol. The first-order chi connectivity index (χ1) is 9.56. The van der Waals surface area contributed by atoms with E-state index in [1.165, 1.54) is 6.92 Å². The number of carbonyl (C=O) groups is 2. The highest BCUT2D eigenvalue weighted by Gasteiger charge is 2.16. The number of rotatable bonds is 7. The molecule has 110 valence electrons. The van der Waals surface area contributed by atoms with Crippen LogP contribution in [0.1, 0.15) is 38.3 Å². The maximum atomic E-state index is 11.8. The van der Waals surface area contributed by atoms with Crippen LogP contribution in [0.5, 0.6) is 5.75 Å². The molecule has 0 fully saturated rings. The van der Waals surface area contributed by atoms with E-state index in [0.29, 0.717) is 6.54 Å². The summed E-state index contributed by atoms with van der Waals surface area (Å²) in [6, 6.07) is 7.01. The molecule has 0 radical (unpaired) electrons. The molecule has 1 aromatic rings. The maximum absolute atomic E-state index is 11.8. The quantitative estimate of drug-likeness (QED) is 0.799. The van der Waals surface area contributed by atoms with Crippen LogP contribution in [0.2, 0.25) is 0 Å². The van der Waals surface area contributed by atoms with E-state index in [1.807, 2.05) is 31.2 Å². The van der Waals surface area contributed by atoms with Crippen molar-refractivity contribution in [3.05, 3.63) is 29.8 Å². The van der Waals surface area contributed by atoms with Crippen LogP contribution in [0.3, 0.4) is 0 Å². The largest absolute Gasteiger partial charge is 0.497 e. The average Bonchev–Trinajstić information content (AvgIpc) is 2.44. The molecule has 1 rings (SSSR count). The van der Waals surface area contributed by atoms with E-state index >= 15 is 0 Å². The van der Waals surface area contributed by atoms with Gasteiger partial charge < -0.3 is 15.4 Å². The summed E-state index contributed by atoms with van der Waals surface area (Å²) < 4.78 is 5.10. The molecule has 0 aliphatic heterocycles. The first-order valence-electron chi connectivity index (χ1n) is 6.74. The highest BCUT2D eigenvalue weighted by molar-refractivity contribution is 5.79. The summed E-state index contributed by atoms with van der Waals surface area (Å²) in [6.45, 7) is 4.09. The maximum Gasteiger partial charge on any atom is 0.222 e. The van der Waals surface area contributed by atoms with Crippen LogP contribution in [-0.2, 0) is 9.59 Å². The summed E-state index contributed by atoms with van der Waals surface area (Å²) in [4.78, 5) is 23.1. The lowest BCUT2D eigenvalue weighted by atomic mass is 10.0. The molecule has 5 heteroatoms.